The number of fused-ring (bicyclic) bond motifs is 1. The maximum absolute atomic E-state index is 5.60. The van der Waals surface area contributed by atoms with E-state index in [1.807, 2.05) is 6.07 Å². The summed E-state index contributed by atoms with van der Waals surface area (Å²) < 4.78 is 11.0. The molecule has 0 amide bonds. The van der Waals surface area contributed by atoms with Gasteiger partial charge in [0.1, 0.15) is 13.2 Å². The Morgan fingerprint density at radius 3 is 2.73 bits per heavy atom. The molecule has 0 saturated heterocycles. The van der Waals surface area contributed by atoms with Crippen molar-refractivity contribution in [2.75, 3.05) is 19.8 Å². The molecule has 0 unspecified atom stereocenters. The number of benzene rings is 1. The third-order valence-corrected chi connectivity index (χ3v) is 2.59. The van der Waals surface area contributed by atoms with Crippen molar-refractivity contribution in [2.24, 2.45) is 11.7 Å². The van der Waals surface area contributed by atoms with Gasteiger partial charge in [0.2, 0.25) is 0 Å². The SMILES string of the molecule is C[C@@H](CN)Cc1ccc2c(c1)OCCO2. The molecule has 0 aliphatic carbocycles. The minimum Gasteiger partial charge on any atom is -0.486 e. The third-order valence-electron chi connectivity index (χ3n) is 2.59. The summed E-state index contributed by atoms with van der Waals surface area (Å²) in [6.07, 6.45) is 0.993. The molecule has 0 bridgehead atoms. The average molecular weight is 207 g/mol. The summed E-state index contributed by atoms with van der Waals surface area (Å²) in [4.78, 5) is 0. The van der Waals surface area contributed by atoms with Crippen molar-refractivity contribution in [3.63, 3.8) is 0 Å². The highest BCUT2D eigenvalue weighted by molar-refractivity contribution is 5.43. The summed E-state index contributed by atoms with van der Waals surface area (Å²) in [5.41, 5.74) is 6.86. The Kier molecular flexibility index (Phi) is 3.11. The molecule has 1 heterocycles. The molecule has 1 aromatic carbocycles. The molecule has 2 rings (SSSR count). The number of rotatable bonds is 3. The van der Waals surface area contributed by atoms with Gasteiger partial charge in [0.15, 0.2) is 11.5 Å². The van der Waals surface area contributed by atoms with E-state index >= 15 is 0 Å². The van der Waals surface area contributed by atoms with Crippen LogP contribution < -0.4 is 15.2 Å². The van der Waals surface area contributed by atoms with Gasteiger partial charge in [-0.1, -0.05) is 13.0 Å². The first-order chi connectivity index (χ1) is 7.29. The molecule has 82 valence electrons. The zero-order valence-corrected chi connectivity index (χ0v) is 9.03. The molecular formula is C12H17NO2. The van der Waals surface area contributed by atoms with Gasteiger partial charge < -0.3 is 15.2 Å². The molecule has 0 aromatic heterocycles. The average Bonchev–Trinajstić information content (AvgIpc) is 2.29. The maximum atomic E-state index is 5.60. The van der Waals surface area contributed by atoms with Crippen LogP contribution in [0.3, 0.4) is 0 Å². The van der Waals surface area contributed by atoms with Gasteiger partial charge in [-0.05, 0) is 36.6 Å². The minimum atomic E-state index is 0.507. The van der Waals surface area contributed by atoms with Crippen LogP contribution in [0.5, 0.6) is 11.5 Å². The normalized spacial score (nSPS) is 16.1. The first-order valence-electron chi connectivity index (χ1n) is 5.38. The highest BCUT2D eigenvalue weighted by atomic mass is 16.6. The summed E-state index contributed by atoms with van der Waals surface area (Å²) in [5.74, 6) is 2.22. The standard InChI is InChI=1S/C12H17NO2/c1-9(8-13)6-10-2-3-11-12(7-10)15-5-4-14-11/h2-3,7,9H,4-6,8,13H2,1H3/t9-/m1/s1. The molecule has 2 N–H and O–H groups in total. The number of hydrogen-bond donors (Lipinski definition) is 1. The van der Waals surface area contributed by atoms with E-state index in [2.05, 4.69) is 19.1 Å². The van der Waals surface area contributed by atoms with Crippen LogP contribution in [0.2, 0.25) is 0 Å². The summed E-state index contributed by atoms with van der Waals surface area (Å²) in [6, 6.07) is 6.12. The molecule has 0 fully saturated rings. The number of nitrogens with two attached hydrogens (primary N) is 1. The highest BCUT2D eigenvalue weighted by Gasteiger charge is 2.12. The second kappa shape index (κ2) is 4.53. The predicted octanol–water partition coefficient (Wildman–Crippen LogP) is 1.60. The van der Waals surface area contributed by atoms with Crippen LogP contribution in [0.1, 0.15) is 12.5 Å². The fourth-order valence-corrected chi connectivity index (χ4v) is 1.70. The van der Waals surface area contributed by atoms with Gasteiger partial charge in [-0.25, -0.2) is 0 Å². The monoisotopic (exact) mass is 207 g/mol. The van der Waals surface area contributed by atoms with Crippen LogP contribution in [0.4, 0.5) is 0 Å². The quantitative estimate of drug-likeness (QED) is 0.818. The maximum Gasteiger partial charge on any atom is 0.161 e. The van der Waals surface area contributed by atoms with Gasteiger partial charge in [0.05, 0.1) is 0 Å². The highest BCUT2D eigenvalue weighted by Crippen LogP contribution is 2.31. The summed E-state index contributed by atoms with van der Waals surface area (Å²) >= 11 is 0. The van der Waals surface area contributed by atoms with Crippen LogP contribution >= 0.6 is 0 Å². The first-order valence-corrected chi connectivity index (χ1v) is 5.38. The van der Waals surface area contributed by atoms with E-state index in [9.17, 15) is 0 Å². The van der Waals surface area contributed by atoms with Crippen molar-refractivity contribution >= 4 is 0 Å². The Hall–Kier alpha value is -1.22. The minimum absolute atomic E-state index is 0.507. The molecule has 15 heavy (non-hydrogen) atoms. The second-order valence-corrected chi connectivity index (χ2v) is 4.02. The summed E-state index contributed by atoms with van der Waals surface area (Å²) in [7, 11) is 0. The van der Waals surface area contributed by atoms with Gasteiger partial charge in [-0.2, -0.15) is 0 Å². The van der Waals surface area contributed by atoms with Crippen molar-refractivity contribution in [3.05, 3.63) is 23.8 Å². The molecule has 0 radical (unpaired) electrons. The molecule has 0 saturated carbocycles. The van der Waals surface area contributed by atoms with Crippen LogP contribution in [0, 0.1) is 5.92 Å². The predicted molar refractivity (Wildman–Crippen MR) is 59.4 cm³/mol. The number of ether oxygens (including phenoxy) is 2. The molecule has 1 aliphatic heterocycles. The van der Waals surface area contributed by atoms with Gasteiger partial charge >= 0.3 is 0 Å². The summed E-state index contributed by atoms with van der Waals surface area (Å²) in [6.45, 7) is 4.15. The number of hydrogen-bond acceptors (Lipinski definition) is 3. The Morgan fingerprint density at radius 1 is 1.27 bits per heavy atom. The third kappa shape index (κ3) is 2.42. The molecule has 0 spiro atoms. The van der Waals surface area contributed by atoms with E-state index in [0.717, 1.165) is 17.9 Å². The fraction of sp³-hybridized carbons (Fsp3) is 0.500. The van der Waals surface area contributed by atoms with Gasteiger partial charge in [0.25, 0.3) is 0 Å². The van der Waals surface area contributed by atoms with E-state index in [1.54, 1.807) is 0 Å². The second-order valence-electron chi connectivity index (χ2n) is 4.02. The van der Waals surface area contributed by atoms with Crippen LogP contribution in [0.15, 0.2) is 18.2 Å². The molecule has 1 aromatic rings. The van der Waals surface area contributed by atoms with Gasteiger partial charge in [0, 0.05) is 0 Å². The first kappa shape index (κ1) is 10.3. The van der Waals surface area contributed by atoms with E-state index in [4.69, 9.17) is 15.2 Å². The lowest BCUT2D eigenvalue weighted by molar-refractivity contribution is 0.171. The Labute approximate surface area is 90.2 Å². The van der Waals surface area contributed by atoms with Crippen molar-refractivity contribution < 1.29 is 9.47 Å². The summed E-state index contributed by atoms with van der Waals surface area (Å²) in [5, 5.41) is 0. The topological polar surface area (TPSA) is 44.5 Å². The smallest absolute Gasteiger partial charge is 0.161 e. The lowest BCUT2D eigenvalue weighted by Gasteiger charge is -2.19. The van der Waals surface area contributed by atoms with Crippen LogP contribution in [0.25, 0.3) is 0 Å². The van der Waals surface area contributed by atoms with E-state index in [0.29, 0.717) is 25.7 Å². The molecule has 3 heteroatoms. The van der Waals surface area contributed by atoms with E-state index in [-0.39, 0.29) is 0 Å². The van der Waals surface area contributed by atoms with E-state index < -0.39 is 0 Å². The van der Waals surface area contributed by atoms with Crippen molar-refractivity contribution in [1.82, 2.24) is 0 Å². The zero-order chi connectivity index (χ0) is 10.7. The molecule has 1 aliphatic rings. The largest absolute Gasteiger partial charge is 0.486 e. The molecular weight excluding hydrogens is 190 g/mol. The van der Waals surface area contributed by atoms with Crippen molar-refractivity contribution in [2.45, 2.75) is 13.3 Å². The Morgan fingerprint density at radius 2 is 2.00 bits per heavy atom. The lowest BCUT2D eigenvalue weighted by Crippen LogP contribution is -2.16. The van der Waals surface area contributed by atoms with Gasteiger partial charge in [-0.3, -0.25) is 0 Å². The zero-order valence-electron chi connectivity index (χ0n) is 9.03. The van der Waals surface area contributed by atoms with E-state index in [1.165, 1.54) is 5.56 Å². The molecule has 1 atom stereocenters. The Bertz CT molecular complexity index is 338. The molecule has 3 nitrogen and oxygen atoms in total. The van der Waals surface area contributed by atoms with Crippen LogP contribution in [-0.4, -0.2) is 19.8 Å². The van der Waals surface area contributed by atoms with Crippen LogP contribution in [-0.2, 0) is 6.42 Å². The van der Waals surface area contributed by atoms with Crippen molar-refractivity contribution in [3.8, 4) is 11.5 Å². The van der Waals surface area contributed by atoms with Crippen molar-refractivity contribution in [1.29, 1.82) is 0 Å². The Balaban J connectivity index is 2.13. The fourth-order valence-electron chi connectivity index (χ4n) is 1.70. The van der Waals surface area contributed by atoms with Gasteiger partial charge in [-0.15, -0.1) is 0 Å². The lowest BCUT2D eigenvalue weighted by atomic mass is 10.0.